The highest BCUT2D eigenvalue weighted by atomic mass is 16.2. The van der Waals surface area contributed by atoms with Crippen molar-refractivity contribution in [1.82, 2.24) is 5.32 Å². The zero-order valence-corrected chi connectivity index (χ0v) is 14.6. The highest BCUT2D eigenvalue weighted by Gasteiger charge is 2.20. The van der Waals surface area contributed by atoms with Gasteiger partial charge in [-0.1, -0.05) is 79.1 Å². The van der Waals surface area contributed by atoms with Crippen molar-refractivity contribution < 1.29 is 9.59 Å². The molecule has 0 saturated heterocycles. The molecule has 1 amide bonds. The number of hydrogen-bond acceptors (Lipinski definition) is 2. The number of hydrogen-bond donors (Lipinski definition) is 1. The lowest BCUT2D eigenvalue weighted by molar-refractivity contribution is -0.129. The quantitative estimate of drug-likeness (QED) is 0.533. The molecule has 0 rings (SSSR count). The van der Waals surface area contributed by atoms with Gasteiger partial charge in [0.15, 0.2) is 5.78 Å². The van der Waals surface area contributed by atoms with E-state index in [0.29, 0.717) is 6.42 Å². The molecule has 0 aliphatic rings. The second-order valence-electron chi connectivity index (χ2n) is 7.03. The molecule has 21 heavy (non-hydrogen) atoms. The molecule has 0 unspecified atom stereocenters. The molecule has 0 saturated carbocycles. The molecule has 0 aliphatic heterocycles. The second kappa shape index (κ2) is 11.8. The summed E-state index contributed by atoms with van der Waals surface area (Å²) in [6.45, 7) is 8.03. The zero-order valence-electron chi connectivity index (χ0n) is 14.6. The van der Waals surface area contributed by atoms with Crippen molar-refractivity contribution in [2.45, 2.75) is 91.9 Å². The Morgan fingerprint density at radius 3 is 1.76 bits per heavy atom. The van der Waals surface area contributed by atoms with Gasteiger partial charge in [0.2, 0.25) is 5.91 Å². The fourth-order valence-electron chi connectivity index (χ4n) is 2.13. The first-order chi connectivity index (χ1) is 9.88. The maximum Gasteiger partial charge on any atom is 0.220 e. The monoisotopic (exact) mass is 297 g/mol. The van der Waals surface area contributed by atoms with Crippen LogP contribution in [-0.4, -0.2) is 18.2 Å². The van der Waals surface area contributed by atoms with Gasteiger partial charge < -0.3 is 5.32 Å². The molecule has 3 heteroatoms. The summed E-state index contributed by atoms with van der Waals surface area (Å²) in [4.78, 5) is 23.3. The van der Waals surface area contributed by atoms with Crippen LogP contribution < -0.4 is 5.32 Å². The van der Waals surface area contributed by atoms with Gasteiger partial charge in [0.25, 0.3) is 0 Å². The largest absolute Gasteiger partial charge is 0.349 e. The van der Waals surface area contributed by atoms with Crippen molar-refractivity contribution in [3.8, 4) is 0 Å². The van der Waals surface area contributed by atoms with Gasteiger partial charge in [-0.2, -0.15) is 0 Å². The van der Waals surface area contributed by atoms with Gasteiger partial charge in [-0.3, -0.25) is 9.59 Å². The van der Waals surface area contributed by atoms with Gasteiger partial charge in [0.05, 0.1) is 6.54 Å². The van der Waals surface area contributed by atoms with Crippen LogP contribution in [0.5, 0.6) is 0 Å². The van der Waals surface area contributed by atoms with Gasteiger partial charge >= 0.3 is 0 Å². The Morgan fingerprint density at radius 1 is 0.810 bits per heavy atom. The van der Waals surface area contributed by atoms with Gasteiger partial charge in [-0.15, -0.1) is 0 Å². The minimum atomic E-state index is -0.370. The number of amides is 1. The molecule has 0 spiro atoms. The van der Waals surface area contributed by atoms with Crippen LogP contribution in [0.2, 0.25) is 0 Å². The topological polar surface area (TPSA) is 46.2 Å². The minimum Gasteiger partial charge on any atom is -0.349 e. The van der Waals surface area contributed by atoms with E-state index in [9.17, 15) is 9.59 Å². The summed E-state index contributed by atoms with van der Waals surface area (Å²) >= 11 is 0. The van der Waals surface area contributed by atoms with Crippen LogP contribution in [0.4, 0.5) is 0 Å². The Bertz CT molecular complexity index is 292. The van der Waals surface area contributed by atoms with Crippen molar-refractivity contribution >= 4 is 11.7 Å². The lowest BCUT2D eigenvalue weighted by Gasteiger charge is -2.16. The van der Waals surface area contributed by atoms with Gasteiger partial charge in [-0.05, 0) is 6.42 Å². The third-order valence-corrected chi connectivity index (χ3v) is 3.79. The van der Waals surface area contributed by atoms with Gasteiger partial charge in [0, 0.05) is 11.8 Å². The van der Waals surface area contributed by atoms with Crippen LogP contribution in [0, 0.1) is 5.41 Å². The van der Waals surface area contributed by atoms with E-state index in [2.05, 4.69) is 12.2 Å². The summed E-state index contributed by atoms with van der Waals surface area (Å²) in [5.74, 6) is 0.0958. The van der Waals surface area contributed by atoms with E-state index in [0.717, 1.165) is 12.8 Å². The minimum absolute atomic E-state index is 0.00976. The Balaban J connectivity index is 3.40. The summed E-state index contributed by atoms with van der Waals surface area (Å²) in [7, 11) is 0. The fourth-order valence-corrected chi connectivity index (χ4v) is 2.13. The summed E-state index contributed by atoms with van der Waals surface area (Å²) in [5, 5.41) is 2.73. The molecule has 0 aliphatic carbocycles. The number of Topliss-reactive ketones (excluding diaryl/α,β-unsaturated/α-hetero) is 1. The molecular weight excluding hydrogens is 262 g/mol. The predicted molar refractivity (Wildman–Crippen MR) is 89.3 cm³/mol. The van der Waals surface area contributed by atoms with Crippen molar-refractivity contribution in [3.05, 3.63) is 0 Å². The van der Waals surface area contributed by atoms with E-state index in [1.54, 1.807) is 0 Å². The molecule has 0 aromatic carbocycles. The molecule has 0 heterocycles. The van der Waals surface area contributed by atoms with E-state index in [1.165, 1.54) is 44.9 Å². The Kier molecular flexibility index (Phi) is 11.3. The molecule has 0 aromatic rings. The number of ketones is 1. The first-order valence-corrected chi connectivity index (χ1v) is 8.68. The Labute approximate surface area is 131 Å². The number of carbonyl (C=O) groups is 2. The van der Waals surface area contributed by atoms with Crippen molar-refractivity contribution in [2.75, 3.05) is 6.54 Å². The third kappa shape index (κ3) is 12.6. The van der Waals surface area contributed by atoms with Crippen LogP contribution in [0.25, 0.3) is 0 Å². The zero-order chi connectivity index (χ0) is 16.1. The molecule has 3 nitrogen and oxygen atoms in total. The fraction of sp³-hybridized carbons (Fsp3) is 0.889. The Hall–Kier alpha value is -0.860. The summed E-state index contributed by atoms with van der Waals surface area (Å²) < 4.78 is 0. The van der Waals surface area contributed by atoms with Gasteiger partial charge in [0.1, 0.15) is 0 Å². The smallest absolute Gasteiger partial charge is 0.220 e. The first kappa shape index (κ1) is 20.1. The van der Waals surface area contributed by atoms with E-state index in [-0.39, 0.29) is 23.7 Å². The lowest BCUT2D eigenvalue weighted by atomic mass is 9.91. The van der Waals surface area contributed by atoms with Crippen molar-refractivity contribution in [1.29, 1.82) is 0 Å². The molecule has 0 aromatic heterocycles. The van der Waals surface area contributed by atoms with Crippen LogP contribution in [0.3, 0.4) is 0 Å². The van der Waals surface area contributed by atoms with Crippen LogP contribution >= 0.6 is 0 Å². The number of carbonyl (C=O) groups excluding carboxylic acids is 2. The average molecular weight is 297 g/mol. The summed E-state index contributed by atoms with van der Waals surface area (Å²) in [5.41, 5.74) is -0.370. The maximum atomic E-state index is 11.7. The molecule has 1 N–H and O–H groups in total. The Morgan fingerprint density at radius 2 is 1.29 bits per heavy atom. The SMILES string of the molecule is CCCCCCCCCCCC(=O)NCC(=O)C(C)(C)C. The van der Waals surface area contributed by atoms with Crippen LogP contribution in [-0.2, 0) is 9.59 Å². The van der Waals surface area contributed by atoms with Crippen molar-refractivity contribution in [3.63, 3.8) is 0 Å². The highest BCUT2D eigenvalue weighted by Crippen LogP contribution is 2.13. The number of rotatable bonds is 12. The standard InChI is InChI=1S/C18H35NO2/c1-5-6-7-8-9-10-11-12-13-14-17(21)19-15-16(20)18(2,3)4/h5-15H2,1-4H3,(H,19,21). The van der Waals surface area contributed by atoms with Gasteiger partial charge in [-0.25, -0.2) is 0 Å². The van der Waals surface area contributed by atoms with Crippen LogP contribution in [0.15, 0.2) is 0 Å². The highest BCUT2D eigenvalue weighted by molar-refractivity contribution is 5.89. The van der Waals surface area contributed by atoms with E-state index in [1.807, 2.05) is 20.8 Å². The van der Waals surface area contributed by atoms with E-state index < -0.39 is 0 Å². The first-order valence-electron chi connectivity index (χ1n) is 8.68. The molecule has 0 radical (unpaired) electrons. The number of unbranched alkanes of at least 4 members (excludes halogenated alkanes) is 8. The summed E-state index contributed by atoms with van der Waals surface area (Å²) in [6, 6.07) is 0. The van der Waals surface area contributed by atoms with Crippen molar-refractivity contribution in [2.24, 2.45) is 5.41 Å². The molecule has 0 fully saturated rings. The molecule has 0 bridgehead atoms. The molecular formula is C18H35NO2. The molecule has 0 atom stereocenters. The normalized spacial score (nSPS) is 11.4. The second-order valence-corrected chi connectivity index (χ2v) is 7.03. The van der Waals surface area contributed by atoms with E-state index in [4.69, 9.17) is 0 Å². The lowest BCUT2D eigenvalue weighted by Crippen LogP contribution is -2.35. The molecule has 124 valence electrons. The maximum absolute atomic E-state index is 11.7. The predicted octanol–water partition coefficient (Wildman–Crippen LogP) is 4.64. The van der Waals surface area contributed by atoms with E-state index >= 15 is 0 Å². The third-order valence-electron chi connectivity index (χ3n) is 3.79. The van der Waals surface area contributed by atoms with Crippen LogP contribution in [0.1, 0.15) is 91.9 Å². The number of nitrogens with one attached hydrogen (secondary N) is 1. The summed E-state index contributed by atoms with van der Waals surface area (Å²) in [6.07, 6.45) is 11.8. The average Bonchev–Trinajstić information content (AvgIpc) is 2.41.